The smallest absolute Gasteiger partial charge is 0.253 e. The van der Waals surface area contributed by atoms with Crippen LogP contribution in [-0.2, 0) is 16.2 Å². The lowest BCUT2D eigenvalue weighted by atomic mass is 10.00. The minimum Gasteiger partial charge on any atom is -0.454 e. The van der Waals surface area contributed by atoms with E-state index in [9.17, 15) is 0 Å². The maximum absolute atomic E-state index is 5.89. The Balaban J connectivity index is 1.64. The summed E-state index contributed by atoms with van der Waals surface area (Å²) in [6, 6.07) is 12.4. The number of aromatic nitrogens is 1. The zero-order valence-electron chi connectivity index (χ0n) is 16.5. The van der Waals surface area contributed by atoms with Crippen molar-refractivity contribution in [2.24, 2.45) is 0 Å². The number of pyridine rings is 1. The van der Waals surface area contributed by atoms with Gasteiger partial charge in [0, 0.05) is 12.5 Å². The van der Waals surface area contributed by atoms with Crippen molar-refractivity contribution < 1.29 is 33.0 Å². The summed E-state index contributed by atoms with van der Waals surface area (Å²) in [6.45, 7) is 1.91. The first-order valence-corrected chi connectivity index (χ1v) is 9.81. The second kappa shape index (κ2) is 6.90. The molecule has 2 aliphatic rings. The largest absolute Gasteiger partial charge is 0.454 e. The van der Waals surface area contributed by atoms with E-state index in [1.165, 1.54) is 0 Å². The Hall–Kier alpha value is -3.29. The third kappa shape index (κ3) is 2.63. The zero-order chi connectivity index (χ0) is 20.1. The highest BCUT2D eigenvalue weighted by molar-refractivity contribution is 6.15. The summed E-state index contributed by atoms with van der Waals surface area (Å²) in [6.07, 6.45) is 2.07. The van der Waals surface area contributed by atoms with Crippen molar-refractivity contribution in [3.05, 3.63) is 42.6 Å². The molecule has 7 heteroatoms. The fourth-order valence-electron chi connectivity index (χ4n) is 4.21. The van der Waals surface area contributed by atoms with Crippen LogP contribution in [0, 0.1) is 0 Å². The molecule has 0 amide bonds. The van der Waals surface area contributed by atoms with E-state index in [-0.39, 0.29) is 13.6 Å². The zero-order valence-corrected chi connectivity index (χ0v) is 16.5. The first-order chi connectivity index (χ1) is 14.8. The molecule has 0 saturated heterocycles. The highest BCUT2D eigenvalue weighted by atomic mass is 16.7. The molecule has 3 aromatic carbocycles. The highest BCUT2D eigenvalue weighted by Gasteiger charge is 2.25. The van der Waals surface area contributed by atoms with Crippen molar-refractivity contribution in [3.63, 3.8) is 0 Å². The van der Waals surface area contributed by atoms with E-state index in [4.69, 9.17) is 28.4 Å². The van der Waals surface area contributed by atoms with E-state index in [1.54, 1.807) is 7.11 Å². The normalized spacial score (nSPS) is 14.3. The van der Waals surface area contributed by atoms with Crippen molar-refractivity contribution in [1.29, 1.82) is 0 Å². The Kier molecular flexibility index (Phi) is 4.04. The van der Waals surface area contributed by atoms with Crippen LogP contribution in [0.25, 0.3) is 32.4 Å². The SMILES string of the molecule is COCCOC[n+]1cc2c3c(ccc2c2ccc4cc5c(cc4c21)OCO5)OCO3. The Labute approximate surface area is 172 Å². The maximum Gasteiger partial charge on any atom is 0.253 e. The van der Waals surface area contributed by atoms with Crippen molar-refractivity contribution in [3.8, 4) is 23.0 Å². The molecule has 0 saturated carbocycles. The Morgan fingerprint density at radius 2 is 1.60 bits per heavy atom. The summed E-state index contributed by atoms with van der Waals surface area (Å²) < 4.78 is 35.7. The van der Waals surface area contributed by atoms with E-state index < -0.39 is 0 Å². The average molecular weight is 406 g/mol. The predicted molar refractivity (Wildman–Crippen MR) is 109 cm³/mol. The molecular formula is C23H20NO6+. The number of fused-ring (bicyclic) bond motifs is 8. The topological polar surface area (TPSA) is 59.3 Å². The molecule has 0 N–H and O–H groups in total. The molecule has 3 heterocycles. The van der Waals surface area contributed by atoms with Crippen molar-refractivity contribution in [2.45, 2.75) is 6.73 Å². The third-order valence-corrected chi connectivity index (χ3v) is 5.59. The molecule has 0 aliphatic carbocycles. The quantitative estimate of drug-likeness (QED) is 0.287. The summed E-state index contributed by atoms with van der Waals surface area (Å²) >= 11 is 0. The minimum atomic E-state index is 0.234. The number of rotatable bonds is 5. The molecule has 30 heavy (non-hydrogen) atoms. The van der Waals surface area contributed by atoms with E-state index in [2.05, 4.69) is 29.0 Å². The fourth-order valence-corrected chi connectivity index (χ4v) is 4.21. The molecule has 7 nitrogen and oxygen atoms in total. The van der Waals surface area contributed by atoms with E-state index in [1.807, 2.05) is 18.2 Å². The van der Waals surface area contributed by atoms with Gasteiger partial charge in [-0.2, -0.15) is 4.57 Å². The van der Waals surface area contributed by atoms with Crippen LogP contribution in [0.1, 0.15) is 0 Å². The molecule has 2 aliphatic heterocycles. The number of methoxy groups -OCH3 is 1. The van der Waals surface area contributed by atoms with E-state index in [0.717, 1.165) is 55.4 Å². The van der Waals surface area contributed by atoms with Gasteiger partial charge in [-0.25, -0.2) is 0 Å². The summed E-state index contributed by atoms with van der Waals surface area (Å²) in [5, 5.41) is 5.35. The molecule has 0 spiro atoms. The summed E-state index contributed by atoms with van der Waals surface area (Å²) in [4.78, 5) is 0. The van der Waals surface area contributed by atoms with Crippen LogP contribution >= 0.6 is 0 Å². The number of nitrogens with zero attached hydrogens (tertiary/aromatic N) is 1. The van der Waals surface area contributed by atoms with Crippen molar-refractivity contribution in [2.75, 3.05) is 33.9 Å². The lowest BCUT2D eigenvalue weighted by Gasteiger charge is -2.10. The fraction of sp³-hybridized carbons (Fsp3) is 0.261. The van der Waals surface area contributed by atoms with Crippen molar-refractivity contribution in [1.82, 2.24) is 0 Å². The van der Waals surface area contributed by atoms with Gasteiger partial charge >= 0.3 is 0 Å². The Morgan fingerprint density at radius 3 is 2.50 bits per heavy atom. The summed E-state index contributed by atoms with van der Waals surface area (Å²) in [7, 11) is 1.67. The second-order valence-electron chi connectivity index (χ2n) is 7.28. The number of ether oxygens (including phenoxy) is 6. The van der Waals surface area contributed by atoms with Crippen LogP contribution in [0.3, 0.4) is 0 Å². The van der Waals surface area contributed by atoms with Crippen LogP contribution in [0.15, 0.2) is 42.6 Å². The highest BCUT2D eigenvalue weighted by Crippen LogP contribution is 2.43. The van der Waals surface area contributed by atoms with Gasteiger partial charge in [0.05, 0.1) is 29.4 Å². The molecule has 152 valence electrons. The van der Waals surface area contributed by atoms with Gasteiger partial charge in [0.2, 0.25) is 19.1 Å². The van der Waals surface area contributed by atoms with Gasteiger partial charge in [-0.05, 0) is 35.7 Å². The van der Waals surface area contributed by atoms with Gasteiger partial charge in [0.15, 0.2) is 29.2 Å². The Morgan fingerprint density at radius 1 is 0.800 bits per heavy atom. The summed E-state index contributed by atoms with van der Waals surface area (Å²) in [5.41, 5.74) is 1.06. The lowest BCUT2D eigenvalue weighted by Crippen LogP contribution is -2.36. The van der Waals surface area contributed by atoms with Gasteiger partial charge in [-0.3, -0.25) is 0 Å². The lowest BCUT2D eigenvalue weighted by molar-refractivity contribution is -0.707. The first kappa shape index (κ1) is 17.6. The predicted octanol–water partition coefficient (Wildman–Crippen LogP) is 3.51. The molecule has 0 atom stereocenters. The van der Waals surface area contributed by atoms with Crippen LogP contribution < -0.4 is 23.5 Å². The molecule has 0 unspecified atom stereocenters. The summed E-state index contributed by atoms with van der Waals surface area (Å²) in [5.74, 6) is 3.06. The van der Waals surface area contributed by atoms with Crippen LogP contribution in [0.4, 0.5) is 0 Å². The van der Waals surface area contributed by atoms with Crippen LogP contribution in [-0.4, -0.2) is 33.9 Å². The molecule has 0 bridgehead atoms. The van der Waals surface area contributed by atoms with Gasteiger partial charge in [0.25, 0.3) is 6.73 Å². The molecule has 1 aromatic heterocycles. The van der Waals surface area contributed by atoms with Gasteiger partial charge in [0.1, 0.15) is 0 Å². The molecular weight excluding hydrogens is 386 g/mol. The maximum atomic E-state index is 5.89. The number of hydrogen-bond donors (Lipinski definition) is 0. The molecule has 0 radical (unpaired) electrons. The molecule has 6 rings (SSSR count). The minimum absolute atomic E-state index is 0.234. The molecule has 4 aromatic rings. The second-order valence-corrected chi connectivity index (χ2v) is 7.28. The first-order valence-electron chi connectivity index (χ1n) is 9.81. The third-order valence-electron chi connectivity index (χ3n) is 5.59. The number of benzene rings is 3. The number of hydrogen-bond acceptors (Lipinski definition) is 6. The van der Waals surface area contributed by atoms with E-state index >= 15 is 0 Å². The van der Waals surface area contributed by atoms with Gasteiger partial charge in [-0.1, -0.05) is 6.07 Å². The van der Waals surface area contributed by atoms with E-state index in [0.29, 0.717) is 19.9 Å². The van der Waals surface area contributed by atoms with Gasteiger partial charge < -0.3 is 28.4 Å². The van der Waals surface area contributed by atoms with Gasteiger partial charge in [-0.15, -0.1) is 0 Å². The monoisotopic (exact) mass is 406 g/mol. The van der Waals surface area contributed by atoms with Crippen molar-refractivity contribution >= 4 is 32.4 Å². The Bertz CT molecular complexity index is 1300. The van der Waals surface area contributed by atoms with Crippen LogP contribution in [0.2, 0.25) is 0 Å². The average Bonchev–Trinajstić information content (AvgIpc) is 3.43. The standard InChI is InChI=1S/C23H20NO6/c1-25-6-7-26-11-24-10-18-15(4-5-19-23(18)30-13-27-19)16-3-2-14-8-20-21(29-12-28-20)9-17(14)22(16)24/h2-5,8-10H,6-7,11-13H2,1H3/q+1. The molecule has 0 fully saturated rings. The van der Waals surface area contributed by atoms with Crippen LogP contribution in [0.5, 0.6) is 23.0 Å².